The summed E-state index contributed by atoms with van der Waals surface area (Å²) < 4.78 is 0. The lowest BCUT2D eigenvalue weighted by atomic mass is 9.98. The second kappa shape index (κ2) is 6.31. The normalized spacial score (nSPS) is 18.5. The largest absolute Gasteiger partial charge is 0.371 e. The van der Waals surface area contributed by atoms with Crippen molar-refractivity contribution in [1.82, 2.24) is 0 Å². The molecule has 0 aliphatic carbocycles. The van der Waals surface area contributed by atoms with Gasteiger partial charge in [-0.25, -0.2) is 0 Å². The topological polar surface area (TPSA) is 29.3 Å². The number of para-hydroxylation sites is 1. The molecule has 1 aliphatic rings. The summed E-state index contributed by atoms with van der Waals surface area (Å²) in [5, 5.41) is 0. The van der Waals surface area contributed by atoms with Crippen molar-refractivity contribution in [1.29, 1.82) is 0 Å². The van der Waals surface area contributed by atoms with Crippen LogP contribution in [0.15, 0.2) is 24.3 Å². The molecule has 1 heterocycles. The Balaban J connectivity index is 2.05. The molecule has 0 radical (unpaired) electrons. The van der Waals surface area contributed by atoms with Gasteiger partial charge in [0.25, 0.3) is 0 Å². The molecule has 0 saturated heterocycles. The van der Waals surface area contributed by atoms with Crippen molar-refractivity contribution in [3.8, 4) is 0 Å². The van der Waals surface area contributed by atoms with Crippen LogP contribution in [-0.4, -0.2) is 31.6 Å². The zero-order valence-corrected chi connectivity index (χ0v) is 11.4. The standard InChI is InChI=1S/C14H22N2S/c1-17-10-4-9-16-11-12(7-8-15)13-5-2-3-6-14(13)16/h2-3,5-6,12H,4,7-11,15H2,1H3. The molecular formula is C14H22N2S. The highest BCUT2D eigenvalue weighted by atomic mass is 32.2. The van der Waals surface area contributed by atoms with Gasteiger partial charge in [0, 0.05) is 24.7 Å². The third-order valence-corrected chi connectivity index (χ3v) is 4.15. The Kier molecular flexibility index (Phi) is 4.75. The van der Waals surface area contributed by atoms with Crippen LogP contribution in [0.4, 0.5) is 5.69 Å². The molecule has 2 nitrogen and oxygen atoms in total. The van der Waals surface area contributed by atoms with Gasteiger partial charge >= 0.3 is 0 Å². The van der Waals surface area contributed by atoms with Crippen LogP contribution in [0.3, 0.4) is 0 Å². The van der Waals surface area contributed by atoms with Crippen molar-refractivity contribution in [3.63, 3.8) is 0 Å². The summed E-state index contributed by atoms with van der Waals surface area (Å²) in [7, 11) is 0. The van der Waals surface area contributed by atoms with Crippen LogP contribution < -0.4 is 10.6 Å². The van der Waals surface area contributed by atoms with E-state index in [4.69, 9.17) is 5.73 Å². The maximum atomic E-state index is 5.71. The number of hydrogen-bond donors (Lipinski definition) is 1. The molecule has 2 rings (SSSR count). The maximum Gasteiger partial charge on any atom is 0.0402 e. The molecule has 0 aromatic heterocycles. The lowest BCUT2D eigenvalue weighted by molar-refractivity contribution is 0.642. The van der Waals surface area contributed by atoms with E-state index in [-0.39, 0.29) is 0 Å². The molecule has 0 bridgehead atoms. The number of anilines is 1. The molecule has 1 aliphatic heterocycles. The summed E-state index contributed by atoms with van der Waals surface area (Å²) in [5.74, 6) is 1.89. The van der Waals surface area contributed by atoms with Crippen LogP contribution >= 0.6 is 11.8 Å². The van der Waals surface area contributed by atoms with E-state index >= 15 is 0 Å². The van der Waals surface area contributed by atoms with Crippen molar-refractivity contribution >= 4 is 17.4 Å². The van der Waals surface area contributed by atoms with E-state index in [1.54, 1.807) is 0 Å². The van der Waals surface area contributed by atoms with Gasteiger partial charge < -0.3 is 10.6 Å². The fraction of sp³-hybridized carbons (Fsp3) is 0.571. The van der Waals surface area contributed by atoms with E-state index in [9.17, 15) is 0 Å². The fourth-order valence-corrected chi connectivity index (χ4v) is 3.06. The first-order valence-corrected chi connectivity index (χ1v) is 7.79. The SMILES string of the molecule is CSCCCN1CC(CCN)c2ccccc21. The van der Waals surface area contributed by atoms with Crippen LogP contribution in [-0.2, 0) is 0 Å². The van der Waals surface area contributed by atoms with Crippen molar-refractivity contribution in [3.05, 3.63) is 29.8 Å². The number of benzene rings is 1. The molecule has 1 unspecified atom stereocenters. The quantitative estimate of drug-likeness (QED) is 0.787. The summed E-state index contributed by atoms with van der Waals surface area (Å²) in [6.45, 7) is 3.13. The van der Waals surface area contributed by atoms with Gasteiger partial charge in [0.2, 0.25) is 0 Å². The summed E-state index contributed by atoms with van der Waals surface area (Å²) >= 11 is 1.93. The summed E-state index contributed by atoms with van der Waals surface area (Å²) in [6.07, 6.45) is 4.55. The van der Waals surface area contributed by atoms with E-state index in [0.717, 1.165) is 19.5 Å². The first-order chi connectivity index (χ1) is 8.36. The first kappa shape index (κ1) is 12.8. The van der Waals surface area contributed by atoms with Gasteiger partial charge in [0.1, 0.15) is 0 Å². The van der Waals surface area contributed by atoms with E-state index in [2.05, 4.69) is 35.4 Å². The summed E-state index contributed by atoms with van der Waals surface area (Å²) in [5.41, 5.74) is 8.65. The van der Waals surface area contributed by atoms with Gasteiger partial charge in [0.15, 0.2) is 0 Å². The van der Waals surface area contributed by atoms with Crippen molar-refractivity contribution in [2.45, 2.75) is 18.8 Å². The molecule has 0 spiro atoms. The first-order valence-electron chi connectivity index (χ1n) is 6.39. The molecule has 17 heavy (non-hydrogen) atoms. The Morgan fingerprint density at radius 3 is 3.00 bits per heavy atom. The van der Waals surface area contributed by atoms with Crippen molar-refractivity contribution in [2.75, 3.05) is 36.5 Å². The number of hydrogen-bond acceptors (Lipinski definition) is 3. The van der Waals surface area contributed by atoms with Crippen LogP contribution in [0.2, 0.25) is 0 Å². The van der Waals surface area contributed by atoms with E-state index in [0.29, 0.717) is 5.92 Å². The smallest absolute Gasteiger partial charge is 0.0402 e. The summed E-state index contributed by atoms with van der Waals surface area (Å²) in [4.78, 5) is 2.53. The second-order valence-corrected chi connectivity index (χ2v) is 5.61. The number of fused-ring (bicyclic) bond motifs is 1. The molecule has 3 heteroatoms. The summed E-state index contributed by atoms with van der Waals surface area (Å²) in [6, 6.07) is 8.81. The van der Waals surface area contributed by atoms with Crippen LogP contribution in [0.25, 0.3) is 0 Å². The lowest BCUT2D eigenvalue weighted by Crippen LogP contribution is -2.24. The van der Waals surface area contributed by atoms with Crippen LogP contribution in [0.5, 0.6) is 0 Å². The number of rotatable bonds is 6. The zero-order chi connectivity index (χ0) is 12.1. The average Bonchev–Trinajstić information content (AvgIpc) is 2.70. The molecule has 0 fully saturated rings. The van der Waals surface area contributed by atoms with Crippen LogP contribution in [0, 0.1) is 0 Å². The van der Waals surface area contributed by atoms with Gasteiger partial charge in [-0.15, -0.1) is 0 Å². The van der Waals surface area contributed by atoms with Gasteiger partial charge in [0.05, 0.1) is 0 Å². The van der Waals surface area contributed by atoms with Gasteiger partial charge in [-0.05, 0) is 43.0 Å². The van der Waals surface area contributed by atoms with Gasteiger partial charge in [-0.3, -0.25) is 0 Å². The predicted octanol–water partition coefficient (Wildman–Crippen LogP) is 2.69. The third-order valence-electron chi connectivity index (χ3n) is 3.45. The molecule has 0 amide bonds. The fourth-order valence-electron chi connectivity index (χ4n) is 2.64. The van der Waals surface area contributed by atoms with Gasteiger partial charge in [-0.1, -0.05) is 18.2 Å². The monoisotopic (exact) mass is 250 g/mol. The lowest BCUT2D eigenvalue weighted by Gasteiger charge is -2.19. The molecule has 1 atom stereocenters. The minimum atomic E-state index is 0.644. The molecule has 0 saturated carbocycles. The maximum absolute atomic E-state index is 5.71. The Hall–Kier alpha value is -0.670. The highest BCUT2D eigenvalue weighted by Crippen LogP contribution is 2.37. The number of thioether (sulfide) groups is 1. The van der Waals surface area contributed by atoms with E-state index in [1.165, 1.54) is 30.0 Å². The van der Waals surface area contributed by atoms with E-state index < -0.39 is 0 Å². The zero-order valence-electron chi connectivity index (χ0n) is 10.6. The Bertz CT molecular complexity index is 354. The third kappa shape index (κ3) is 2.96. The molecular weight excluding hydrogens is 228 g/mol. The van der Waals surface area contributed by atoms with Crippen LogP contribution in [0.1, 0.15) is 24.3 Å². The Labute approximate surface area is 109 Å². The molecule has 1 aromatic carbocycles. The van der Waals surface area contributed by atoms with Gasteiger partial charge in [-0.2, -0.15) is 11.8 Å². The number of nitrogens with zero attached hydrogens (tertiary/aromatic N) is 1. The molecule has 1 aromatic rings. The Morgan fingerprint density at radius 1 is 1.41 bits per heavy atom. The average molecular weight is 250 g/mol. The minimum absolute atomic E-state index is 0.644. The Morgan fingerprint density at radius 2 is 2.24 bits per heavy atom. The molecule has 94 valence electrons. The minimum Gasteiger partial charge on any atom is -0.371 e. The number of nitrogens with two attached hydrogens (primary N) is 1. The van der Waals surface area contributed by atoms with Crippen molar-refractivity contribution in [2.24, 2.45) is 5.73 Å². The second-order valence-electron chi connectivity index (χ2n) is 4.63. The predicted molar refractivity (Wildman–Crippen MR) is 78.1 cm³/mol. The van der Waals surface area contributed by atoms with E-state index in [1.807, 2.05) is 11.8 Å². The highest BCUT2D eigenvalue weighted by molar-refractivity contribution is 7.98. The molecule has 2 N–H and O–H groups in total. The highest BCUT2D eigenvalue weighted by Gasteiger charge is 2.26. The van der Waals surface area contributed by atoms with Crippen molar-refractivity contribution < 1.29 is 0 Å².